The number of carbonyl (C=O) groups is 2. The minimum absolute atomic E-state index is 0.0142. The van der Waals surface area contributed by atoms with Crippen molar-refractivity contribution in [3.63, 3.8) is 0 Å². The fraction of sp³-hybridized carbons (Fsp3) is 0.364. The summed E-state index contributed by atoms with van der Waals surface area (Å²) in [5.41, 5.74) is 2.74. The van der Waals surface area contributed by atoms with E-state index in [1.807, 2.05) is 66.1 Å². The summed E-state index contributed by atoms with van der Waals surface area (Å²) in [5, 5.41) is 2.88. The summed E-state index contributed by atoms with van der Waals surface area (Å²) < 4.78 is 0. The number of hydrogen-bond acceptors (Lipinski definition) is 2. The maximum absolute atomic E-state index is 13.1. The molecule has 0 saturated carbocycles. The van der Waals surface area contributed by atoms with Crippen molar-refractivity contribution in [2.45, 2.75) is 33.2 Å². The first-order chi connectivity index (χ1) is 13.0. The van der Waals surface area contributed by atoms with E-state index >= 15 is 0 Å². The van der Waals surface area contributed by atoms with Crippen LogP contribution >= 0.6 is 0 Å². The Kier molecular flexibility index (Phi) is 5.79. The number of anilines is 2. The minimum atomic E-state index is -0.0682. The van der Waals surface area contributed by atoms with Crippen molar-refractivity contribution in [2.24, 2.45) is 5.92 Å². The zero-order chi connectivity index (χ0) is 19.4. The molecule has 0 spiro atoms. The molecule has 2 aromatic carbocycles. The van der Waals surface area contributed by atoms with Crippen molar-refractivity contribution in [1.29, 1.82) is 0 Å². The number of nitrogens with zero attached hydrogens (tertiary/aromatic N) is 2. The van der Waals surface area contributed by atoms with E-state index in [2.05, 4.69) is 24.4 Å². The van der Waals surface area contributed by atoms with Gasteiger partial charge >= 0.3 is 6.03 Å². The van der Waals surface area contributed by atoms with E-state index in [0.29, 0.717) is 6.54 Å². The lowest BCUT2D eigenvalue weighted by molar-refractivity contribution is -0.118. The fourth-order valence-corrected chi connectivity index (χ4v) is 3.27. The van der Waals surface area contributed by atoms with Crippen LogP contribution in [-0.2, 0) is 4.79 Å². The van der Waals surface area contributed by atoms with Gasteiger partial charge in [-0.3, -0.25) is 9.69 Å². The van der Waals surface area contributed by atoms with Gasteiger partial charge in [-0.25, -0.2) is 4.79 Å². The minimum Gasteiger partial charge on any atom is -0.326 e. The second kappa shape index (κ2) is 8.25. The fourth-order valence-electron chi connectivity index (χ4n) is 3.27. The molecule has 1 saturated heterocycles. The number of benzene rings is 2. The Hall–Kier alpha value is -2.82. The van der Waals surface area contributed by atoms with Crippen LogP contribution in [0.2, 0.25) is 0 Å². The van der Waals surface area contributed by atoms with Crippen molar-refractivity contribution in [3.8, 4) is 0 Å². The van der Waals surface area contributed by atoms with Crippen LogP contribution in [0.25, 0.3) is 0 Å². The summed E-state index contributed by atoms with van der Waals surface area (Å²) in [7, 11) is 0. The lowest BCUT2D eigenvalue weighted by atomic mass is 10.1. The highest BCUT2D eigenvalue weighted by Crippen LogP contribution is 2.28. The van der Waals surface area contributed by atoms with E-state index in [-0.39, 0.29) is 23.9 Å². The summed E-state index contributed by atoms with van der Waals surface area (Å²) >= 11 is 0. The zero-order valence-corrected chi connectivity index (χ0v) is 16.2. The van der Waals surface area contributed by atoms with Gasteiger partial charge in [0.25, 0.3) is 0 Å². The smallest absolute Gasteiger partial charge is 0.324 e. The maximum atomic E-state index is 13.1. The number of carbonyl (C=O) groups excluding carboxylic acids is 2. The van der Waals surface area contributed by atoms with Crippen LogP contribution in [0.1, 0.15) is 38.8 Å². The number of urea groups is 1. The van der Waals surface area contributed by atoms with Crippen molar-refractivity contribution < 1.29 is 9.59 Å². The van der Waals surface area contributed by atoms with Gasteiger partial charge in [0.2, 0.25) is 5.91 Å². The molecule has 0 aliphatic carbocycles. The maximum Gasteiger partial charge on any atom is 0.324 e. The quantitative estimate of drug-likeness (QED) is 0.837. The largest absolute Gasteiger partial charge is 0.326 e. The third-order valence-electron chi connectivity index (χ3n) is 4.98. The molecule has 3 amide bonds. The van der Waals surface area contributed by atoms with E-state index in [9.17, 15) is 9.59 Å². The number of amides is 3. The molecule has 1 aliphatic heterocycles. The van der Waals surface area contributed by atoms with Gasteiger partial charge in [-0.2, -0.15) is 0 Å². The van der Waals surface area contributed by atoms with Crippen molar-refractivity contribution in [1.82, 2.24) is 4.90 Å². The first-order valence-electron chi connectivity index (χ1n) is 9.51. The molecule has 2 aromatic rings. The van der Waals surface area contributed by atoms with Crippen molar-refractivity contribution >= 4 is 23.3 Å². The Bertz CT molecular complexity index is 787. The van der Waals surface area contributed by atoms with Crippen molar-refractivity contribution in [2.75, 3.05) is 23.3 Å². The summed E-state index contributed by atoms with van der Waals surface area (Å²) in [6.07, 6.45) is 0.925. The van der Waals surface area contributed by atoms with Crippen LogP contribution in [0, 0.1) is 5.92 Å². The molecule has 5 nitrogen and oxygen atoms in total. The summed E-state index contributed by atoms with van der Waals surface area (Å²) in [4.78, 5) is 28.6. The highest BCUT2D eigenvalue weighted by Gasteiger charge is 2.30. The average Bonchev–Trinajstić information content (AvgIpc) is 2.69. The van der Waals surface area contributed by atoms with Crippen LogP contribution < -0.4 is 10.2 Å². The van der Waals surface area contributed by atoms with Gasteiger partial charge in [0.1, 0.15) is 0 Å². The molecule has 142 valence electrons. The van der Waals surface area contributed by atoms with Gasteiger partial charge in [0.15, 0.2) is 0 Å². The molecule has 0 bridgehead atoms. The SMILES string of the molecule is CC(C)C(=O)Nc1ccc(N2CCCN([C@H](C)c3ccccc3)C2=O)cc1. The Morgan fingerprint density at radius 2 is 1.63 bits per heavy atom. The molecule has 1 aliphatic rings. The molecule has 0 aromatic heterocycles. The van der Waals surface area contributed by atoms with Gasteiger partial charge in [-0.1, -0.05) is 44.2 Å². The van der Waals surface area contributed by atoms with Crippen LogP contribution in [0.5, 0.6) is 0 Å². The molecule has 0 unspecified atom stereocenters. The summed E-state index contributed by atoms with van der Waals surface area (Å²) in [6, 6.07) is 17.7. The average molecular weight is 365 g/mol. The van der Waals surface area contributed by atoms with Crippen molar-refractivity contribution in [3.05, 3.63) is 60.2 Å². The Morgan fingerprint density at radius 3 is 2.26 bits per heavy atom. The molecule has 1 N–H and O–H groups in total. The van der Waals surface area contributed by atoms with E-state index in [1.165, 1.54) is 0 Å². The van der Waals surface area contributed by atoms with Crippen LogP contribution in [0.4, 0.5) is 16.2 Å². The highest BCUT2D eigenvalue weighted by molar-refractivity contribution is 5.94. The predicted molar refractivity (Wildman–Crippen MR) is 109 cm³/mol. The van der Waals surface area contributed by atoms with Crippen LogP contribution in [-0.4, -0.2) is 29.9 Å². The third kappa shape index (κ3) is 4.30. The number of rotatable bonds is 5. The molecule has 5 heteroatoms. The molecular formula is C22H27N3O2. The molecule has 1 heterocycles. The van der Waals surface area contributed by atoms with Gasteiger partial charge in [-0.15, -0.1) is 0 Å². The second-order valence-corrected chi connectivity index (χ2v) is 7.26. The molecule has 0 radical (unpaired) electrons. The second-order valence-electron chi connectivity index (χ2n) is 7.26. The Labute approximate surface area is 161 Å². The number of nitrogens with one attached hydrogen (secondary N) is 1. The van der Waals surface area contributed by atoms with Gasteiger partial charge in [0, 0.05) is 30.4 Å². The molecule has 1 fully saturated rings. The van der Waals surface area contributed by atoms with Crippen LogP contribution in [0.3, 0.4) is 0 Å². The molecule has 27 heavy (non-hydrogen) atoms. The van der Waals surface area contributed by atoms with Crippen LogP contribution in [0.15, 0.2) is 54.6 Å². The number of hydrogen-bond donors (Lipinski definition) is 1. The molecule has 3 rings (SSSR count). The van der Waals surface area contributed by atoms with E-state index in [4.69, 9.17) is 0 Å². The monoisotopic (exact) mass is 365 g/mol. The highest BCUT2D eigenvalue weighted by atomic mass is 16.2. The lowest BCUT2D eigenvalue weighted by Crippen LogP contribution is -2.50. The molecular weight excluding hydrogens is 338 g/mol. The normalized spacial score (nSPS) is 15.8. The van der Waals surface area contributed by atoms with Gasteiger partial charge < -0.3 is 10.2 Å². The Morgan fingerprint density at radius 1 is 0.963 bits per heavy atom. The topological polar surface area (TPSA) is 52.7 Å². The first-order valence-corrected chi connectivity index (χ1v) is 9.51. The third-order valence-corrected chi connectivity index (χ3v) is 4.98. The summed E-state index contributed by atoms with van der Waals surface area (Å²) in [6.45, 7) is 7.25. The standard InChI is InChI=1S/C22H27N3O2/c1-16(2)21(26)23-19-10-12-20(13-11-19)25-15-7-14-24(22(25)27)17(3)18-8-5-4-6-9-18/h4-6,8-13,16-17H,7,14-15H2,1-3H3,(H,23,26)/t17-/m1/s1. The Balaban J connectivity index is 1.73. The van der Waals surface area contributed by atoms with E-state index < -0.39 is 0 Å². The van der Waals surface area contributed by atoms with Gasteiger partial charge in [0.05, 0.1) is 6.04 Å². The predicted octanol–water partition coefficient (Wildman–Crippen LogP) is 4.67. The zero-order valence-electron chi connectivity index (χ0n) is 16.2. The van der Waals surface area contributed by atoms with E-state index in [0.717, 1.165) is 29.9 Å². The molecule has 1 atom stereocenters. The first kappa shape index (κ1) is 19.0. The lowest BCUT2D eigenvalue weighted by Gasteiger charge is -2.39. The summed E-state index contributed by atoms with van der Waals surface area (Å²) in [5.74, 6) is -0.0824. The van der Waals surface area contributed by atoms with Gasteiger partial charge in [-0.05, 0) is 43.2 Å². The van der Waals surface area contributed by atoms with E-state index in [1.54, 1.807) is 0 Å².